The molecule has 8 aliphatic heterocycles. The van der Waals surface area contributed by atoms with Gasteiger partial charge in [-0.1, -0.05) is 146 Å². The molecule has 0 fully saturated rings. The summed E-state index contributed by atoms with van der Waals surface area (Å²) in [7, 11) is 8.73. The number of nitrogens with one attached hydrogen (secondary N) is 4. The number of hydrogen-bond acceptors (Lipinski definition) is 8. The fraction of sp³-hybridized carbons (Fsp3) is 0.294. The van der Waals surface area contributed by atoms with E-state index >= 15 is 0 Å². The smallest absolute Gasteiger partial charge is 0.121 e. The Balaban J connectivity index is 0.0000000970. The maximum Gasteiger partial charge on any atom is 0.121 e. The Kier molecular flexibility index (Phi) is 9.98. The van der Waals surface area contributed by atoms with E-state index in [9.17, 15) is 0 Å². The van der Waals surface area contributed by atoms with E-state index in [0.29, 0.717) is 0 Å². The second-order valence-corrected chi connectivity index (χ2v) is 23.8. The van der Waals surface area contributed by atoms with Gasteiger partial charge < -0.3 is 40.9 Å². The number of nitrogens with zero attached hydrogens (tertiary/aromatic N) is 4. The van der Waals surface area contributed by atoms with Crippen molar-refractivity contribution in [1.82, 2.24) is 0 Å². The van der Waals surface area contributed by atoms with Crippen LogP contribution in [0, 0.1) is 0 Å². The van der Waals surface area contributed by atoms with E-state index in [1.165, 1.54) is 90.0 Å². The van der Waals surface area contributed by atoms with Crippen LogP contribution < -0.4 is 40.9 Å². The Hall–Kier alpha value is -7.84. The Morgan fingerprint density at radius 1 is 0.224 bits per heavy atom. The second kappa shape index (κ2) is 15.9. The Labute approximate surface area is 450 Å². The molecule has 0 bridgehead atoms. The van der Waals surface area contributed by atoms with Crippen LogP contribution in [0.25, 0.3) is 0 Å². The SMILES string of the molecule is CN1c2ccccc2[C@@]2(C)c3ccccc3N[C@@]12C.CN1c2ccccc2[C@]2(C)c3ccccc3N[C@]12C.CN1c2ccccc2[C@]2(C)c3ccccc3N[C@]12C.CN1c2ccccc2[C@]2(C)c3ccccc3N[C@]12C. The maximum absolute atomic E-state index is 3.74. The Morgan fingerprint density at radius 3 is 0.579 bits per heavy atom. The van der Waals surface area contributed by atoms with Crippen molar-refractivity contribution in [1.29, 1.82) is 0 Å². The molecule has 4 N–H and O–H groups in total. The van der Waals surface area contributed by atoms with Crippen LogP contribution in [-0.4, -0.2) is 50.8 Å². The van der Waals surface area contributed by atoms with E-state index in [2.05, 4.69) is 319 Å². The zero-order valence-electron chi connectivity index (χ0n) is 46.3. The van der Waals surface area contributed by atoms with Gasteiger partial charge in [0.15, 0.2) is 0 Å². The average molecular weight is 1000 g/mol. The highest BCUT2D eigenvalue weighted by atomic mass is 15.4. The summed E-state index contributed by atoms with van der Waals surface area (Å²) < 4.78 is 0. The van der Waals surface area contributed by atoms with Crippen molar-refractivity contribution in [3.05, 3.63) is 239 Å². The lowest BCUT2D eigenvalue weighted by atomic mass is 9.72. The molecule has 0 aromatic heterocycles. The number of para-hydroxylation sites is 8. The number of rotatable bonds is 0. The number of benzene rings is 8. The quantitative estimate of drug-likeness (QED) is 0.120. The first-order valence-electron chi connectivity index (χ1n) is 27.2. The van der Waals surface area contributed by atoms with Crippen molar-refractivity contribution < 1.29 is 0 Å². The summed E-state index contributed by atoms with van der Waals surface area (Å²) >= 11 is 0. The molecule has 8 aromatic carbocycles. The number of likely N-dealkylation sites (N-methyl/N-ethyl adjacent to an activating group) is 4. The van der Waals surface area contributed by atoms with Gasteiger partial charge in [-0.2, -0.15) is 0 Å². The standard InChI is InChI=1S/4C17H18N2/c4*1-16-12-8-4-6-10-14(12)18-17(16,2)19(3)15-11-7-5-9-13(15)16/h4*4-11,18H,1-3H3/t4*16-,17+/m1000/s1. The molecule has 8 aliphatic rings. The number of anilines is 8. The van der Waals surface area contributed by atoms with Crippen molar-refractivity contribution >= 4 is 45.5 Å². The molecule has 76 heavy (non-hydrogen) atoms. The van der Waals surface area contributed by atoms with Gasteiger partial charge in [0.05, 0.1) is 21.7 Å². The largest absolute Gasteiger partial charge is 0.362 e. The molecule has 8 atom stereocenters. The Bertz CT molecular complexity index is 3190. The van der Waals surface area contributed by atoms with Crippen LogP contribution in [0.3, 0.4) is 0 Å². The molecule has 0 saturated carbocycles. The van der Waals surface area contributed by atoms with Gasteiger partial charge in [0.2, 0.25) is 0 Å². The van der Waals surface area contributed by atoms with Gasteiger partial charge in [-0.3, -0.25) is 0 Å². The summed E-state index contributed by atoms with van der Waals surface area (Å²) in [6.07, 6.45) is 0. The third-order valence-corrected chi connectivity index (χ3v) is 21.2. The monoisotopic (exact) mass is 1000 g/mol. The first kappa shape index (κ1) is 47.8. The number of hydrogen-bond donors (Lipinski definition) is 4. The molecule has 8 heterocycles. The van der Waals surface area contributed by atoms with E-state index in [1.807, 2.05) is 0 Å². The van der Waals surface area contributed by atoms with Crippen molar-refractivity contribution in [3.63, 3.8) is 0 Å². The van der Waals surface area contributed by atoms with E-state index in [4.69, 9.17) is 0 Å². The zero-order chi connectivity index (χ0) is 53.0. The van der Waals surface area contributed by atoms with Crippen LogP contribution in [0.2, 0.25) is 0 Å². The zero-order valence-corrected chi connectivity index (χ0v) is 46.3. The minimum Gasteiger partial charge on any atom is -0.362 e. The van der Waals surface area contributed by atoms with Crippen molar-refractivity contribution in [2.24, 2.45) is 0 Å². The van der Waals surface area contributed by atoms with Gasteiger partial charge in [-0.25, -0.2) is 0 Å². The lowest BCUT2D eigenvalue weighted by Gasteiger charge is -2.40. The molecule has 0 amide bonds. The van der Waals surface area contributed by atoms with Gasteiger partial charge in [-0.15, -0.1) is 0 Å². The predicted octanol–water partition coefficient (Wildman–Crippen LogP) is 14.3. The average Bonchev–Trinajstić information content (AvgIpc) is 4.25. The molecule has 8 aromatic rings. The topological polar surface area (TPSA) is 61.1 Å². The van der Waals surface area contributed by atoms with E-state index < -0.39 is 0 Å². The minimum atomic E-state index is -0.0969. The highest BCUT2D eigenvalue weighted by Gasteiger charge is 2.64. The second-order valence-electron chi connectivity index (χ2n) is 23.8. The molecule has 0 aliphatic carbocycles. The van der Waals surface area contributed by atoms with Gasteiger partial charge >= 0.3 is 0 Å². The first-order valence-corrected chi connectivity index (χ1v) is 27.2. The summed E-state index contributed by atoms with van der Waals surface area (Å²) in [5.74, 6) is 0. The van der Waals surface area contributed by atoms with Crippen LogP contribution in [-0.2, 0) is 21.7 Å². The summed E-state index contributed by atoms with van der Waals surface area (Å²) in [5, 5.41) is 14.9. The lowest BCUT2D eigenvalue weighted by Crippen LogP contribution is -2.55. The number of fused-ring (bicyclic) bond motifs is 20. The van der Waals surface area contributed by atoms with E-state index in [-0.39, 0.29) is 44.3 Å². The van der Waals surface area contributed by atoms with Crippen molar-refractivity contribution in [2.75, 3.05) is 69.1 Å². The summed E-state index contributed by atoms with van der Waals surface area (Å²) in [6.45, 7) is 18.6. The van der Waals surface area contributed by atoms with Crippen LogP contribution in [0.1, 0.15) is 99.9 Å². The summed E-state index contributed by atoms with van der Waals surface area (Å²) in [4.78, 5) is 9.51. The Morgan fingerprint density at radius 2 is 0.382 bits per heavy atom. The maximum atomic E-state index is 3.74. The summed E-state index contributed by atoms with van der Waals surface area (Å²) in [6, 6.07) is 69.7. The highest BCUT2D eigenvalue weighted by Crippen LogP contribution is 2.63. The van der Waals surface area contributed by atoms with Gasteiger partial charge in [-0.05, 0) is 148 Å². The fourth-order valence-electron chi connectivity index (χ4n) is 15.7. The van der Waals surface area contributed by atoms with Gasteiger partial charge in [0.1, 0.15) is 22.7 Å². The highest BCUT2D eigenvalue weighted by molar-refractivity contribution is 5.83. The molecule has 384 valence electrons. The molecule has 8 nitrogen and oxygen atoms in total. The fourth-order valence-corrected chi connectivity index (χ4v) is 15.7. The molecule has 0 unspecified atom stereocenters. The molecule has 0 spiro atoms. The van der Waals surface area contributed by atoms with E-state index in [1.54, 1.807) is 0 Å². The van der Waals surface area contributed by atoms with Gasteiger partial charge in [0.25, 0.3) is 0 Å². The molecule has 16 rings (SSSR count). The first-order chi connectivity index (χ1) is 36.4. The molecular weight excluding hydrogens is 929 g/mol. The normalized spacial score (nSPS) is 30.6. The third kappa shape index (κ3) is 5.59. The van der Waals surface area contributed by atoms with Gasteiger partial charge in [0, 0.05) is 73.7 Å². The minimum absolute atomic E-state index is 0.00502. The lowest BCUT2D eigenvalue weighted by molar-refractivity contribution is 0.385. The molecular formula is C68H72N8. The third-order valence-electron chi connectivity index (χ3n) is 21.2. The van der Waals surface area contributed by atoms with Crippen LogP contribution in [0.5, 0.6) is 0 Å². The molecule has 0 saturated heterocycles. The van der Waals surface area contributed by atoms with Crippen LogP contribution >= 0.6 is 0 Å². The van der Waals surface area contributed by atoms with E-state index in [0.717, 1.165) is 0 Å². The van der Waals surface area contributed by atoms with Crippen molar-refractivity contribution in [3.8, 4) is 0 Å². The van der Waals surface area contributed by atoms with Crippen LogP contribution in [0.15, 0.2) is 194 Å². The predicted molar refractivity (Wildman–Crippen MR) is 319 cm³/mol. The summed E-state index contributed by atoms with van der Waals surface area (Å²) in [5.41, 5.74) is 21.2. The van der Waals surface area contributed by atoms with Crippen LogP contribution in [0.4, 0.5) is 45.5 Å². The van der Waals surface area contributed by atoms with Crippen molar-refractivity contribution in [2.45, 2.75) is 99.7 Å². The molecule has 8 heteroatoms. The molecule has 0 radical (unpaired) electrons.